The lowest BCUT2D eigenvalue weighted by Gasteiger charge is -2.39. The SMILES string of the molecule is CC(C)(C)CC(=O)CN1CCC(C(C)(C)C)CC1.CC(C)(C)CCNC(=O)C1CCN(C(=O)CSC(C)(C)C)CC1.CC(C)(C)NC1CCC(C(C)(C)C)CC1.CC(C)(C)OCC(=O)N1CCC(C(C)(C)C)CC1.CC(C)(C)OCC(=O)N1CCC(C(C)(C)C)CC1.CC(C)(C)SCC(=O)N1CCC(C(C)(C)C)CC1.CC(C)NCC(=O)N1CCC(C(C)(C)C)CC1. The molecular formula is C107H209N9O9S2. The van der Waals surface area contributed by atoms with Crippen LogP contribution < -0.4 is 16.0 Å². The first-order valence-corrected chi connectivity index (χ1v) is 52.3. The lowest BCUT2D eigenvalue weighted by Crippen LogP contribution is -2.46. The highest BCUT2D eigenvalue weighted by atomic mass is 32.2. The zero-order valence-corrected chi connectivity index (χ0v) is 92.7. The van der Waals surface area contributed by atoms with Gasteiger partial charge in [0.15, 0.2) is 0 Å². The van der Waals surface area contributed by atoms with Crippen molar-refractivity contribution in [1.29, 1.82) is 0 Å². The average molecular weight is 1830 g/mol. The highest BCUT2D eigenvalue weighted by molar-refractivity contribution is 8.01. The first-order valence-electron chi connectivity index (χ1n) is 50.3. The van der Waals surface area contributed by atoms with Crippen LogP contribution in [0, 0.1) is 84.7 Å². The van der Waals surface area contributed by atoms with E-state index in [4.69, 9.17) is 9.47 Å². The monoisotopic (exact) mass is 1830 g/mol. The number of ether oxygens (including phenoxy) is 2. The normalized spacial score (nSPS) is 20.1. The fourth-order valence-corrected chi connectivity index (χ4v) is 19.0. The smallest absolute Gasteiger partial charge is 0.248 e. The molecule has 127 heavy (non-hydrogen) atoms. The number of carbonyl (C=O) groups is 7. The molecule has 7 fully saturated rings. The van der Waals surface area contributed by atoms with Crippen molar-refractivity contribution in [2.45, 2.75) is 438 Å². The third kappa shape index (κ3) is 57.5. The molecule has 7 aliphatic rings. The summed E-state index contributed by atoms with van der Waals surface area (Å²) in [6.07, 6.45) is 20.3. The molecule has 1 saturated carbocycles. The van der Waals surface area contributed by atoms with Gasteiger partial charge in [-0.15, -0.1) is 23.5 Å². The standard InChI is InChI=1S/C18H34N2O2S.C16H31NO.2C15H29NO2.C15H29NOS.C14H28N2O.C14H29N/c1-17(2,3)9-10-19-16(22)14-7-11-20(12-8-14)15(21)13-23-18(4,5)6;1-15(2,3)11-14(18)12-17-9-7-13(8-10-17)16(4,5)6;3*1-14(2,3)12-7-9-16(10-8-12)13(17)11-18-15(4,5)6;1-11(2)15-10-13(17)16-8-6-12(7-9-16)14(3,4)5;1-13(2,3)11-7-9-12(10-8-11)15-14(4,5)6/h14H,7-13H2,1-6H3,(H,19,22);13H,7-12H2,1-6H3;3*12H,7-11H2,1-6H3;11-12,15H,6-10H2,1-5H3;11-12,15H,7-10H2,1-6H3. The molecule has 0 spiro atoms. The number of carbonyl (C=O) groups excluding carboxylic acids is 7. The van der Waals surface area contributed by atoms with Gasteiger partial charge < -0.3 is 49.9 Å². The number of nitrogens with one attached hydrogen (secondary N) is 3. The van der Waals surface area contributed by atoms with E-state index in [1.807, 2.05) is 61.1 Å². The summed E-state index contributed by atoms with van der Waals surface area (Å²) in [6, 6.07) is 1.13. The summed E-state index contributed by atoms with van der Waals surface area (Å²) in [5.74, 6) is 7.55. The molecule has 7 rings (SSSR count). The summed E-state index contributed by atoms with van der Waals surface area (Å²) >= 11 is 3.44. The first-order chi connectivity index (χ1) is 57.3. The Hall–Kier alpha value is -3.01. The van der Waals surface area contributed by atoms with Crippen molar-refractivity contribution < 1.29 is 43.0 Å². The van der Waals surface area contributed by atoms with Crippen LogP contribution >= 0.6 is 23.5 Å². The third-order valence-electron chi connectivity index (χ3n) is 26.4. The van der Waals surface area contributed by atoms with Crippen LogP contribution in [-0.2, 0) is 43.0 Å². The number of ketones is 1. The Bertz CT molecular complexity index is 2980. The fourth-order valence-electron chi connectivity index (χ4n) is 17.5. The van der Waals surface area contributed by atoms with Crippen molar-refractivity contribution in [3.63, 3.8) is 0 Å². The average Bonchev–Trinajstić information content (AvgIpc) is 0.952. The molecule has 6 heterocycles. The predicted octanol–water partition coefficient (Wildman–Crippen LogP) is 23.3. The van der Waals surface area contributed by atoms with Crippen LogP contribution in [0.5, 0.6) is 0 Å². The fraction of sp³-hybridized carbons (Fsp3) is 0.935. The van der Waals surface area contributed by atoms with Gasteiger partial charge in [0.1, 0.15) is 19.0 Å². The van der Waals surface area contributed by atoms with Gasteiger partial charge in [0.2, 0.25) is 35.4 Å². The Labute approximate surface area is 793 Å². The van der Waals surface area contributed by atoms with Gasteiger partial charge in [-0.2, -0.15) is 0 Å². The summed E-state index contributed by atoms with van der Waals surface area (Å²) in [5.41, 5.74) is 2.58. The van der Waals surface area contributed by atoms with Crippen LogP contribution in [0.2, 0.25) is 0 Å². The minimum Gasteiger partial charge on any atom is -0.366 e. The molecule has 0 radical (unpaired) electrons. The maximum atomic E-state index is 12.2. The van der Waals surface area contributed by atoms with Gasteiger partial charge in [-0.05, 0) is 263 Å². The molecule has 3 N–H and O–H groups in total. The number of hydrogen-bond donors (Lipinski definition) is 3. The Morgan fingerprint density at radius 1 is 0.339 bits per heavy atom. The number of likely N-dealkylation sites (tertiary alicyclic amines) is 6. The van der Waals surface area contributed by atoms with Gasteiger partial charge in [-0.3, -0.25) is 38.5 Å². The maximum Gasteiger partial charge on any atom is 0.248 e. The second-order valence-electron chi connectivity index (χ2n) is 53.0. The van der Waals surface area contributed by atoms with Crippen molar-refractivity contribution in [3.8, 4) is 0 Å². The van der Waals surface area contributed by atoms with E-state index in [-0.39, 0.29) is 85.7 Å². The summed E-state index contributed by atoms with van der Waals surface area (Å²) in [5, 5.41) is 9.97. The Morgan fingerprint density at radius 2 is 0.614 bits per heavy atom. The zero-order chi connectivity index (χ0) is 98.3. The molecule has 0 aromatic carbocycles. The second-order valence-corrected chi connectivity index (χ2v) is 56.6. The minimum atomic E-state index is -0.237. The summed E-state index contributed by atoms with van der Waals surface area (Å²) in [4.78, 5) is 96.6. The van der Waals surface area contributed by atoms with E-state index in [0.717, 1.165) is 184 Å². The van der Waals surface area contributed by atoms with Crippen LogP contribution in [0.25, 0.3) is 0 Å². The third-order valence-corrected chi connectivity index (χ3v) is 28.9. The largest absolute Gasteiger partial charge is 0.366 e. The van der Waals surface area contributed by atoms with Gasteiger partial charge >= 0.3 is 0 Å². The molecule has 0 unspecified atom stereocenters. The lowest BCUT2D eigenvalue weighted by atomic mass is 9.71. The van der Waals surface area contributed by atoms with Gasteiger partial charge in [0, 0.05) is 111 Å². The molecule has 0 aromatic heterocycles. The van der Waals surface area contributed by atoms with Gasteiger partial charge in [0.05, 0.1) is 35.8 Å². The minimum absolute atomic E-state index is 0.0642. The van der Waals surface area contributed by atoms with Crippen LogP contribution in [0.1, 0.15) is 399 Å². The van der Waals surface area contributed by atoms with E-state index in [2.05, 4.69) is 268 Å². The van der Waals surface area contributed by atoms with Gasteiger partial charge in [-0.25, -0.2) is 0 Å². The van der Waals surface area contributed by atoms with Crippen molar-refractivity contribution in [2.24, 2.45) is 84.7 Å². The van der Waals surface area contributed by atoms with Crippen molar-refractivity contribution >= 4 is 64.8 Å². The highest BCUT2D eigenvalue weighted by Gasteiger charge is 2.38. The van der Waals surface area contributed by atoms with Crippen LogP contribution in [0.3, 0.4) is 0 Å². The second kappa shape index (κ2) is 53.5. The van der Waals surface area contributed by atoms with E-state index < -0.39 is 0 Å². The quantitative estimate of drug-likeness (QED) is 0.117. The number of thioether (sulfide) groups is 2. The summed E-state index contributed by atoms with van der Waals surface area (Å²) in [7, 11) is 0. The van der Waals surface area contributed by atoms with E-state index in [0.29, 0.717) is 94.3 Å². The van der Waals surface area contributed by atoms with Crippen LogP contribution in [0.15, 0.2) is 0 Å². The zero-order valence-electron chi connectivity index (χ0n) is 91.0. The molecular weight excluding hydrogens is 1620 g/mol. The van der Waals surface area contributed by atoms with E-state index in [1.54, 1.807) is 23.5 Å². The Morgan fingerprint density at radius 3 is 0.874 bits per heavy atom. The topological polar surface area (TPSA) is 193 Å². The van der Waals surface area contributed by atoms with Crippen molar-refractivity contribution in [3.05, 3.63) is 0 Å². The van der Waals surface area contributed by atoms with Crippen molar-refractivity contribution in [2.75, 3.05) is 123 Å². The van der Waals surface area contributed by atoms with E-state index in [1.165, 1.54) is 38.5 Å². The number of rotatable bonds is 18. The maximum absolute atomic E-state index is 12.2. The van der Waals surface area contributed by atoms with Crippen LogP contribution in [-0.4, -0.2) is 232 Å². The molecule has 18 nitrogen and oxygen atoms in total. The molecule has 0 bridgehead atoms. The van der Waals surface area contributed by atoms with E-state index >= 15 is 0 Å². The molecule has 20 heteroatoms. The number of Topliss-reactive ketones (excluding diaryl/α,β-unsaturated/α-hetero) is 1. The number of amides is 6. The van der Waals surface area contributed by atoms with Crippen molar-refractivity contribution in [1.82, 2.24) is 45.3 Å². The summed E-state index contributed by atoms with van der Waals surface area (Å²) in [6.45, 7) is 104. The molecule has 0 aromatic rings. The van der Waals surface area contributed by atoms with Gasteiger partial charge in [-0.1, -0.05) is 222 Å². The van der Waals surface area contributed by atoms with E-state index in [9.17, 15) is 33.6 Å². The number of hydrogen-bond acceptors (Lipinski definition) is 14. The molecule has 6 amide bonds. The Kier molecular flexibility index (Phi) is 51.4. The molecule has 748 valence electrons. The Balaban J connectivity index is 0.000000743. The molecule has 6 saturated heterocycles. The number of piperidine rings is 6. The van der Waals surface area contributed by atoms with Crippen LogP contribution in [0.4, 0.5) is 0 Å². The first kappa shape index (κ1) is 122. The molecule has 1 aliphatic carbocycles. The highest BCUT2D eigenvalue weighted by Crippen LogP contribution is 2.42. The molecule has 0 atom stereocenters. The number of nitrogens with zero attached hydrogens (tertiary/aromatic N) is 6. The van der Waals surface area contributed by atoms with Gasteiger partial charge in [0.25, 0.3) is 0 Å². The summed E-state index contributed by atoms with van der Waals surface area (Å²) < 4.78 is 11.4. The predicted molar refractivity (Wildman–Crippen MR) is 546 cm³/mol. The lowest BCUT2D eigenvalue weighted by molar-refractivity contribution is -0.143. The molecule has 6 aliphatic heterocycles.